The van der Waals surface area contributed by atoms with Crippen LogP contribution in [0.1, 0.15) is 120 Å². The first-order valence-electron chi connectivity index (χ1n) is 21.4. The van der Waals surface area contributed by atoms with Crippen LogP contribution in [0.3, 0.4) is 0 Å². The molecule has 0 fully saturated rings. The van der Waals surface area contributed by atoms with Crippen LogP contribution in [0.2, 0.25) is 19.6 Å². The highest BCUT2D eigenvalue weighted by molar-refractivity contribution is 6.88. The minimum atomic E-state index is -1.40. The van der Waals surface area contributed by atoms with Crippen molar-refractivity contribution in [2.75, 3.05) is 0 Å². The molecule has 1 nitrogen and oxygen atoms in total. The standard InChI is InChI=1S/C52H63NSi/c1-7-9-11-13-15-19-30-52(31-20-16-14-12-10-8-2)49-22-18-17-21-46(49)47-26-23-39(37-50(47)52)41-33-38(3)34-42(35-41)51-48-27-24-40-36-43(54(4,5)6)25-28-44(40)45(48)29-32-53-51/h17-18,21-29,32-37H,7-16,19-20,30-31H2,1-6H3. The van der Waals surface area contributed by atoms with Crippen LogP contribution in [-0.4, -0.2) is 13.1 Å². The molecule has 0 radical (unpaired) electrons. The van der Waals surface area contributed by atoms with Crippen molar-refractivity contribution in [2.24, 2.45) is 0 Å². The molecule has 1 aromatic heterocycles. The average Bonchev–Trinajstić information content (AvgIpc) is 3.45. The molecule has 0 saturated carbocycles. The van der Waals surface area contributed by atoms with Gasteiger partial charge in [0.05, 0.1) is 13.8 Å². The molecule has 1 heterocycles. The van der Waals surface area contributed by atoms with Crippen molar-refractivity contribution in [3.8, 4) is 33.5 Å². The first kappa shape index (κ1) is 38.3. The number of pyridine rings is 1. The molecule has 0 aliphatic heterocycles. The summed E-state index contributed by atoms with van der Waals surface area (Å²) < 4.78 is 0. The van der Waals surface area contributed by atoms with Crippen LogP contribution < -0.4 is 5.19 Å². The lowest BCUT2D eigenvalue weighted by atomic mass is 9.70. The zero-order valence-corrected chi connectivity index (χ0v) is 35.2. The Morgan fingerprint density at radius 2 is 1.17 bits per heavy atom. The van der Waals surface area contributed by atoms with E-state index in [1.165, 1.54) is 150 Å². The third-order valence-corrected chi connectivity index (χ3v) is 14.5. The summed E-state index contributed by atoms with van der Waals surface area (Å²) in [5.74, 6) is 0. The molecular formula is C52H63NSi. The van der Waals surface area contributed by atoms with E-state index in [0.717, 1.165) is 5.69 Å². The quantitative estimate of drug-likeness (QED) is 0.0517. The molecule has 6 aromatic rings. The van der Waals surface area contributed by atoms with E-state index >= 15 is 0 Å². The monoisotopic (exact) mass is 729 g/mol. The van der Waals surface area contributed by atoms with E-state index < -0.39 is 8.07 Å². The molecule has 0 atom stereocenters. The van der Waals surface area contributed by atoms with E-state index in [-0.39, 0.29) is 5.41 Å². The van der Waals surface area contributed by atoms with Gasteiger partial charge in [0.15, 0.2) is 0 Å². The molecule has 1 aliphatic rings. The third kappa shape index (κ3) is 7.88. The molecule has 280 valence electrons. The number of aromatic nitrogens is 1. The summed E-state index contributed by atoms with van der Waals surface area (Å²) in [5, 5.41) is 6.66. The normalized spacial score (nSPS) is 13.4. The Hall–Kier alpha value is -4.01. The summed E-state index contributed by atoms with van der Waals surface area (Å²) in [6.07, 6.45) is 20.6. The van der Waals surface area contributed by atoms with E-state index in [9.17, 15) is 0 Å². The van der Waals surface area contributed by atoms with Crippen LogP contribution in [0.15, 0.2) is 103 Å². The lowest BCUT2D eigenvalue weighted by Gasteiger charge is -2.33. The van der Waals surface area contributed by atoms with Gasteiger partial charge in [-0.3, -0.25) is 4.98 Å². The van der Waals surface area contributed by atoms with Gasteiger partial charge in [0.25, 0.3) is 0 Å². The van der Waals surface area contributed by atoms with Gasteiger partial charge in [0, 0.05) is 22.6 Å². The minimum Gasteiger partial charge on any atom is -0.256 e. The van der Waals surface area contributed by atoms with E-state index in [1.54, 1.807) is 11.1 Å². The fraction of sp³-hybridized carbons (Fsp3) is 0.404. The highest BCUT2D eigenvalue weighted by atomic mass is 28.3. The smallest absolute Gasteiger partial charge is 0.0780 e. The van der Waals surface area contributed by atoms with Crippen molar-refractivity contribution in [3.05, 3.63) is 120 Å². The number of rotatable bonds is 17. The number of nitrogens with zero attached hydrogens (tertiary/aromatic N) is 1. The van der Waals surface area contributed by atoms with Crippen LogP contribution in [0.4, 0.5) is 0 Å². The van der Waals surface area contributed by atoms with Gasteiger partial charge in [-0.2, -0.15) is 0 Å². The van der Waals surface area contributed by atoms with Crippen molar-refractivity contribution in [3.63, 3.8) is 0 Å². The average molecular weight is 730 g/mol. The van der Waals surface area contributed by atoms with Crippen molar-refractivity contribution in [1.82, 2.24) is 4.98 Å². The Bertz CT molecular complexity index is 2200. The third-order valence-electron chi connectivity index (χ3n) is 12.5. The molecule has 0 bridgehead atoms. The molecule has 7 rings (SSSR count). The van der Waals surface area contributed by atoms with E-state index in [4.69, 9.17) is 4.98 Å². The first-order chi connectivity index (χ1) is 26.2. The maximum Gasteiger partial charge on any atom is 0.0780 e. The molecule has 2 heteroatoms. The van der Waals surface area contributed by atoms with Gasteiger partial charge in [0.2, 0.25) is 0 Å². The summed E-state index contributed by atoms with van der Waals surface area (Å²) in [4.78, 5) is 5.05. The van der Waals surface area contributed by atoms with Gasteiger partial charge < -0.3 is 0 Å². The summed E-state index contributed by atoms with van der Waals surface area (Å²) >= 11 is 0. The van der Waals surface area contributed by atoms with E-state index in [1.807, 2.05) is 6.20 Å². The van der Waals surface area contributed by atoms with Crippen molar-refractivity contribution < 1.29 is 0 Å². The van der Waals surface area contributed by atoms with Gasteiger partial charge in [-0.1, -0.05) is 189 Å². The highest BCUT2D eigenvalue weighted by Gasteiger charge is 2.42. The zero-order valence-electron chi connectivity index (χ0n) is 34.2. The van der Waals surface area contributed by atoms with E-state index in [0.29, 0.717) is 0 Å². The Labute approximate surface area is 327 Å². The summed E-state index contributed by atoms with van der Waals surface area (Å²) in [6.45, 7) is 14.2. The highest BCUT2D eigenvalue weighted by Crippen LogP contribution is 2.55. The second-order valence-corrected chi connectivity index (χ2v) is 22.6. The minimum absolute atomic E-state index is 0.0810. The number of aryl methyl sites for hydroxylation is 1. The maximum atomic E-state index is 5.05. The second-order valence-electron chi connectivity index (χ2n) is 17.5. The molecule has 0 spiro atoms. The Kier molecular flexibility index (Phi) is 11.9. The fourth-order valence-electron chi connectivity index (χ4n) is 9.49. The predicted octanol–water partition coefficient (Wildman–Crippen LogP) is 15.3. The van der Waals surface area contributed by atoms with Gasteiger partial charge >= 0.3 is 0 Å². The topological polar surface area (TPSA) is 12.9 Å². The summed E-state index contributed by atoms with van der Waals surface area (Å²) in [6, 6.07) is 37.9. The van der Waals surface area contributed by atoms with Crippen molar-refractivity contribution in [2.45, 2.75) is 136 Å². The second kappa shape index (κ2) is 16.8. The zero-order chi connectivity index (χ0) is 37.7. The lowest BCUT2D eigenvalue weighted by Crippen LogP contribution is -2.37. The maximum absolute atomic E-state index is 5.05. The lowest BCUT2D eigenvalue weighted by molar-refractivity contribution is 0.398. The Balaban J connectivity index is 1.27. The van der Waals surface area contributed by atoms with Gasteiger partial charge in [0.1, 0.15) is 0 Å². The number of fused-ring (bicyclic) bond motifs is 6. The van der Waals surface area contributed by atoms with Crippen LogP contribution in [-0.2, 0) is 5.41 Å². The number of unbranched alkanes of at least 4 members (excludes halogenated alkanes) is 10. The SMILES string of the molecule is CCCCCCCCC1(CCCCCCCC)c2ccccc2-c2ccc(-c3cc(C)cc(-c4nccc5c4ccc4cc([Si](C)(C)C)ccc45)c3)cc21. The molecule has 0 N–H and O–H groups in total. The number of benzene rings is 5. The summed E-state index contributed by atoms with van der Waals surface area (Å²) in [5.41, 5.74) is 12.3. The molecule has 1 aliphatic carbocycles. The predicted molar refractivity (Wildman–Crippen MR) is 240 cm³/mol. The molecule has 0 amide bonds. The van der Waals surface area contributed by atoms with Gasteiger partial charge in [-0.05, 0) is 99.1 Å². The van der Waals surface area contributed by atoms with Crippen LogP contribution in [0.5, 0.6) is 0 Å². The Morgan fingerprint density at radius 1 is 0.519 bits per heavy atom. The molecule has 0 saturated heterocycles. The molecular weight excluding hydrogens is 667 g/mol. The van der Waals surface area contributed by atoms with Crippen molar-refractivity contribution >= 4 is 34.8 Å². The van der Waals surface area contributed by atoms with Crippen LogP contribution in [0.25, 0.3) is 55.1 Å². The number of hydrogen-bond donors (Lipinski definition) is 0. The largest absolute Gasteiger partial charge is 0.256 e. The Morgan fingerprint density at radius 3 is 1.89 bits per heavy atom. The van der Waals surface area contributed by atoms with Gasteiger partial charge in [-0.15, -0.1) is 0 Å². The summed E-state index contributed by atoms with van der Waals surface area (Å²) in [7, 11) is -1.40. The molecule has 0 unspecified atom stereocenters. The molecule has 5 aromatic carbocycles. The first-order valence-corrected chi connectivity index (χ1v) is 24.9. The van der Waals surface area contributed by atoms with Crippen molar-refractivity contribution in [1.29, 1.82) is 0 Å². The molecule has 54 heavy (non-hydrogen) atoms. The fourth-order valence-corrected chi connectivity index (χ4v) is 10.7. The van der Waals surface area contributed by atoms with Gasteiger partial charge in [-0.25, -0.2) is 0 Å². The van der Waals surface area contributed by atoms with Crippen LogP contribution >= 0.6 is 0 Å². The number of hydrogen-bond acceptors (Lipinski definition) is 1. The van der Waals surface area contributed by atoms with Crippen LogP contribution in [0, 0.1) is 6.92 Å². The van der Waals surface area contributed by atoms with E-state index in [2.05, 4.69) is 137 Å².